The highest BCUT2D eigenvalue weighted by Gasteiger charge is 2.15. The first kappa shape index (κ1) is 23.4. The molecule has 0 spiro atoms. The van der Waals surface area contributed by atoms with Gasteiger partial charge in [0.2, 0.25) is 5.91 Å². The molecule has 4 nitrogen and oxygen atoms in total. The summed E-state index contributed by atoms with van der Waals surface area (Å²) in [5.41, 5.74) is 5.82. The Labute approximate surface area is 191 Å². The van der Waals surface area contributed by atoms with Gasteiger partial charge < -0.3 is 4.90 Å². The van der Waals surface area contributed by atoms with Crippen molar-refractivity contribution in [2.24, 2.45) is 5.92 Å². The van der Waals surface area contributed by atoms with Gasteiger partial charge in [-0.05, 0) is 54.2 Å². The topological polar surface area (TPSA) is 50.3 Å². The second-order valence-electron chi connectivity index (χ2n) is 8.61. The number of aromatic nitrogens is 1. The van der Waals surface area contributed by atoms with Crippen LogP contribution in [0.2, 0.25) is 0 Å². The van der Waals surface area contributed by atoms with Gasteiger partial charge in [0.1, 0.15) is 0 Å². The van der Waals surface area contributed by atoms with Crippen LogP contribution in [0.3, 0.4) is 0 Å². The first-order chi connectivity index (χ1) is 15.4. The molecule has 0 radical (unpaired) electrons. The molecule has 0 unspecified atom stereocenters. The van der Waals surface area contributed by atoms with Gasteiger partial charge in [-0.15, -0.1) is 0 Å². The molecular formula is C28H32N2O2. The molecule has 1 heterocycles. The normalized spacial score (nSPS) is 10.9. The Kier molecular flexibility index (Phi) is 7.93. The molecular weight excluding hydrogens is 396 g/mol. The zero-order chi connectivity index (χ0) is 23.1. The summed E-state index contributed by atoms with van der Waals surface area (Å²) in [7, 11) is 0. The summed E-state index contributed by atoms with van der Waals surface area (Å²) in [6, 6.07) is 19.8. The first-order valence-corrected chi connectivity index (χ1v) is 11.3. The smallest absolute Gasteiger partial charge is 0.226 e. The molecule has 0 atom stereocenters. The molecule has 32 heavy (non-hydrogen) atoms. The van der Waals surface area contributed by atoms with Gasteiger partial charge in [0.05, 0.1) is 0 Å². The molecule has 2 aromatic carbocycles. The molecule has 1 aromatic heterocycles. The minimum atomic E-state index is 0.134. The number of benzene rings is 2. The van der Waals surface area contributed by atoms with Crippen LogP contribution in [0.15, 0.2) is 66.9 Å². The van der Waals surface area contributed by atoms with E-state index in [0.29, 0.717) is 31.7 Å². The standard InChI is InChI=1S/C28H32N2O2/c1-5-28(32)30(19-20(2)3)26-15-13-24(14-16-26)23-9-11-25(12-10-23)27(31)17-8-22-7-6-21(4)29-18-22/h6-7,9-16,18,20H,5,8,17,19H2,1-4H3. The van der Waals surface area contributed by atoms with Crippen LogP contribution in [-0.4, -0.2) is 23.2 Å². The SMILES string of the molecule is CCC(=O)N(CC(C)C)c1ccc(-c2ccc(C(=O)CCc3ccc(C)nc3)cc2)cc1. The summed E-state index contributed by atoms with van der Waals surface area (Å²) in [6.07, 6.45) is 3.49. The summed E-state index contributed by atoms with van der Waals surface area (Å²) >= 11 is 0. The van der Waals surface area contributed by atoms with Crippen LogP contribution in [0, 0.1) is 12.8 Å². The molecule has 0 aliphatic carbocycles. The van der Waals surface area contributed by atoms with E-state index in [1.807, 2.05) is 85.6 Å². The monoisotopic (exact) mass is 428 g/mol. The van der Waals surface area contributed by atoms with E-state index in [4.69, 9.17) is 0 Å². The molecule has 3 rings (SSSR count). The Morgan fingerprint density at radius 1 is 0.906 bits per heavy atom. The molecule has 0 N–H and O–H groups in total. The lowest BCUT2D eigenvalue weighted by molar-refractivity contribution is -0.118. The Morgan fingerprint density at radius 3 is 2.06 bits per heavy atom. The third-order valence-corrected chi connectivity index (χ3v) is 5.48. The van der Waals surface area contributed by atoms with Gasteiger partial charge >= 0.3 is 0 Å². The van der Waals surface area contributed by atoms with Gasteiger partial charge in [-0.3, -0.25) is 14.6 Å². The number of carbonyl (C=O) groups is 2. The van der Waals surface area contributed by atoms with Crippen molar-refractivity contribution in [1.29, 1.82) is 0 Å². The minimum Gasteiger partial charge on any atom is -0.312 e. The molecule has 0 saturated carbocycles. The van der Waals surface area contributed by atoms with Crippen LogP contribution >= 0.6 is 0 Å². The quantitative estimate of drug-likeness (QED) is 0.377. The number of anilines is 1. The molecule has 166 valence electrons. The highest BCUT2D eigenvalue weighted by atomic mass is 16.2. The van der Waals surface area contributed by atoms with Gasteiger partial charge in [0.25, 0.3) is 0 Å². The van der Waals surface area contributed by atoms with E-state index in [1.165, 1.54) is 0 Å². The molecule has 0 aliphatic heterocycles. The first-order valence-electron chi connectivity index (χ1n) is 11.3. The van der Waals surface area contributed by atoms with Crippen molar-refractivity contribution in [2.75, 3.05) is 11.4 Å². The van der Waals surface area contributed by atoms with Gasteiger partial charge in [-0.2, -0.15) is 0 Å². The third-order valence-electron chi connectivity index (χ3n) is 5.48. The summed E-state index contributed by atoms with van der Waals surface area (Å²) in [5.74, 6) is 0.670. The number of aryl methyl sites for hydroxylation is 2. The number of hydrogen-bond donors (Lipinski definition) is 0. The summed E-state index contributed by atoms with van der Waals surface area (Å²) < 4.78 is 0. The second-order valence-corrected chi connectivity index (χ2v) is 8.61. The summed E-state index contributed by atoms with van der Waals surface area (Å²) in [5, 5.41) is 0. The van der Waals surface area contributed by atoms with Crippen molar-refractivity contribution < 1.29 is 9.59 Å². The maximum absolute atomic E-state index is 12.6. The van der Waals surface area contributed by atoms with Crippen molar-refractivity contribution in [3.8, 4) is 11.1 Å². The number of rotatable bonds is 9. The number of hydrogen-bond acceptors (Lipinski definition) is 3. The van der Waals surface area contributed by atoms with Crippen molar-refractivity contribution >= 4 is 17.4 Å². The van der Waals surface area contributed by atoms with E-state index in [2.05, 4.69) is 18.8 Å². The fraction of sp³-hybridized carbons (Fsp3) is 0.321. The van der Waals surface area contributed by atoms with Gasteiger partial charge in [-0.1, -0.05) is 63.2 Å². The molecule has 0 aliphatic rings. The van der Waals surface area contributed by atoms with E-state index in [9.17, 15) is 9.59 Å². The number of Topliss-reactive ketones (excluding diaryl/α,β-unsaturated/α-hetero) is 1. The van der Waals surface area contributed by atoms with Crippen LogP contribution in [0.5, 0.6) is 0 Å². The van der Waals surface area contributed by atoms with E-state index in [-0.39, 0.29) is 11.7 Å². The van der Waals surface area contributed by atoms with Crippen LogP contribution in [0.4, 0.5) is 5.69 Å². The maximum Gasteiger partial charge on any atom is 0.226 e. The average molecular weight is 429 g/mol. The maximum atomic E-state index is 12.6. The number of pyridine rings is 1. The number of carbonyl (C=O) groups excluding carboxylic acids is 2. The number of ketones is 1. The third kappa shape index (κ3) is 6.13. The van der Waals surface area contributed by atoms with Gasteiger partial charge in [0, 0.05) is 42.5 Å². The van der Waals surface area contributed by atoms with E-state index >= 15 is 0 Å². The number of nitrogens with zero attached hydrogens (tertiary/aromatic N) is 2. The van der Waals surface area contributed by atoms with Crippen LogP contribution in [0.25, 0.3) is 11.1 Å². The Morgan fingerprint density at radius 2 is 1.53 bits per heavy atom. The van der Waals surface area contributed by atoms with Crippen LogP contribution in [-0.2, 0) is 11.2 Å². The lowest BCUT2D eigenvalue weighted by Gasteiger charge is -2.24. The van der Waals surface area contributed by atoms with E-state index in [0.717, 1.165) is 33.6 Å². The molecule has 0 fully saturated rings. The molecule has 0 saturated heterocycles. The fourth-order valence-electron chi connectivity index (χ4n) is 3.64. The molecule has 1 amide bonds. The highest BCUT2D eigenvalue weighted by molar-refractivity contribution is 5.96. The van der Waals surface area contributed by atoms with Crippen LogP contribution in [0.1, 0.15) is 55.2 Å². The predicted octanol–water partition coefficient (Wildman–Crippen LogP) is 6.27. The van der Waals surface area contributed by atoms with Crippen molar-refractivity contribution in [3.05, 3.63) is 83.7 Å². The zero-order valence-electron chi connectivity index (χ0n) is 19.5. The van der Waals surface area contributed by atoms with Gasteiger partial charge in [0.15, 0.2) is 5.78 Å². The van der Waals surface area contributed by atoms with Gasteiger partial charge in [-0.25, -0.2) is 0 Å². The fourth-order valence-corrected chi connectivity index (χ4v) is 3.64. The number of amides is 1. The van der Waals surface area contributed by atoms with Crippen molar-refractivity contribution in [2.45, 2.75) is 47.0 Å². The summed E-state index contributed by atoms with van der Waals surface area (Å²) in [4.78, 5) is 31.1. The molecule has 4 heteroatoms. The van der Waals surface area contributed by atoms with Crippen LogP contribution < -0.4 is 4.90 Å². The van der Waals surface area contributed by atoms with E-state index in [1.54, 1.807) is 0 Å². The predicted molar refractivity (Wildman–Crippen MR) is 131 cm³/mol. The minimum absolute atomic E-state index is 0.134. The molecule has 0 bridgehead atoms. The van der Waals surface area contributed by atoms with Crippen molar-refractivity contribution in [1.82, 2.24) is 4.98 Å². The Balaban J connectivity index is 1.66. The Hall–Kier alpha value is -3.27. The zero-order valence-corrected chi connectivity index (χ0v) is 19.5. The highest BCUT2D eigenvalue weighted by Crippen LogP contribution is 2.25. The van der Waals surface area contributed by atoms with E-state index < -0.39 is 0 Å². The van der Waals surface area contributed by atoms with Crippen molar-refractivity contribution in [3.63, 3.8) is 0 Å². The lowest BCUT2D eigenvalue weighted by atomic mass is 9.99. The second kappa shape index (κ2) is 10.9. The molecule has 3 aromatic rings. The lowest BCUT2D eigenvalue weighted by Crippen LogP contribution is -2.33. The average Bonchev–Trinajstić information content (AvgIpc) is 2.81. The summed E-state index contributed by atoms with van der Waals surface area (Å²) in [6.45, 7) is 8.79. The Bertz CT molecular complexity index is 1040. The largest absolute Gasteiger partial charge is 0.312 e.